The first kappa shape index (κ1) is 22.7. The number of nitro groups is 1. The summed E-state index contributed by atoms with van der Waals surface area (Å²) < 4.78 is 13.5. The lowest BCUT2D eigenvalue weighted by atomic mass is 10.1. The lowest BCUT2D eigenvalue weighted by molar-refractivity contribution is -0.479. The van der Waals surface area contributed by atoms with Gasteiger partial charge in [-0.1, -0.05) is 33.6 Å². The summed E-state index contributed by atoms with van der Waals surface area (Å²) in [4.78, 5) is 11.1. The molecule has 0 spiro atoms. The quantitative estimate of drug-likeness (QED) is 0.184. The van der Waals surface area contributed by atoms with Crippen LogP contribution in [0, 0.1) is 29.4 Å². The van der Waals surface area contributed by atoms with E-state index >= 15 is 0 Å². The second-order valence-electron chi connectivity index (χ2n) is 6.36. The molecular weight excluding hydrogens is 484 g/mol. The van der Waals surface area contributed by atoms with E-state index in [1.165, 1.54) is 11.8 Å². The molecule has 0 bridgehead atoms. The molecule has 0 aliphatic heterocycles. The highest BCUT2D eigenvalue weighted by Gasteiger charge is 2.27. The molecule has 0 radical (unpaired) electrons. The standard InChI is InChI=1S/C21H19BrN4O4S/c1-4-11-30-19-10-5-15(22)12-18(19)20(13-25(27)28)31-21-24-23-14(2)26(21)16-6-8-17(29-3)9-7-16/h1,5-10,12,20H,11,13H2,2-3H3/t20-/m0/s1. The highest BCUT2D eigenvalue weighted by molar-refractivity contribution is 9.10. The van der Waals surface area contributed by atoms with Gasteiger partial charge >= 0.3 is 0 Å². The summed E-state index contributed by atoms with van der Waals surface area (Å²) in [5.74, 6) is 4.29. The molecule has 1 heterocycles. The maximum absolute atomic E-state index is 11.5. The molecule has 8 nitrogen and oxygen atoms in total. The van der Waals surface area contributed by atoms with Gasteiger partial charge in [0.2, 0.25) is 6.54 Å². The number of hydrogen-bond donors (Lipinski definition) is 0. The van der Waals surface area contributed by atoms with Crippen molar-refractivity contribution in [2.75, 3.05) is 20.3 Å². The third kappa shape index (κ3) is 5.57. The van der Waals surface area contributed by atoms with Crippen LogP contribution in [0.1, 0.15) is 16.6 Å². The number of nitrogens with zero attached hydrogens (tertiary/aromatic N) is 4. The number of hydrogen-bond acceptors (Lipinski definition) is 7. The molecule has 0 amide bonds. The average molecular weight is 503 g/mol. The van der Waals surface area contributed by atoms with E-state index in [2.05, 4.69) is 32.0 Å². The van der Waals surface area contributed by atoms with Crippen molar-refractivity contribution < 1.29 is 14.4 Å². The van der Waals surface area contributed by atoms with Crippen molar-refractivity contribution in [2.24, 2.45) is 0 Å². The molecule has 10 heteroatoms. The Labute approximate surface area is 192 Å². The summed E-state index contributed by atoms with van der Waals surface area (Å²) in [5.41, 5.74) is 1.47. The molecule has 2 aromatic carbocycles. The van der Waals surface area contributed by atoms with Crippen LogP contribution in [-0.4, -0.2) is 39.9 Å². The Kier molecular flexibility index (Phi) is 7.55. The van der Waals surface area contributed by atoms with Gasteiger partial charge in [0.05, 0.1) is 7.11 Å². The zero-order chi connectivity index (χ0) is 22.4. The Morgan fingerprint density at radius 3 is 2.68 bits per heavy atom. The summed E-state index contributed by atoms with van der Waals surface area (Å²) in [5, 5.41) is 19.8. The Balaban J connectivity index is 2.01. The predicted octanol–water partition coefficient (Wildman–Crippen LogP) is 4.47. The molecule has 160 valence electrons. The van der Waals surface area contributed by atoms with Crippen LogP contribution in [-0.2, 0) is 0 Å². The van der Waals surface area contributed by atoms with Crippen LogP contribution in [0.25, 0.3) is 5.69 Å². The van der Waals surface area contributed by atoms with Crippen LogP contribution in [0.15, 0.2) is 52.1 Å². The Morgan fingerprint density at radius 1 is 1.29 bits per heavy atom. The van der Waals surface area contributed by atoms with E-state index in [-0.39, 0.29) is 18.1 Å². The summed E-state index contributed by atoms with van der Waals surface area (Å²) in [6.07, 6.45) is 5.32. The fraction of sp³-hybridized carbons (Fsp3) is 0.238. The van der Waals surface area contributed by atoms with Gasteiger partial charge in [-0.25, -0.2) is 0 Å². The zero-order valence-electron chi connectivity index (χ0n) is 16.8. The Morgan fingerprint density at radius 2 is 2.03 bits per heavy atom. The van der Waals surface area contributed by atoms with Crippen LogP contribution in [0.2, 0.25) is 0 Å². The van der Waals surface area contributed by atoms with Crippen LogP contribution < -0.4 is 9.47 Å². The molecular formula is C21H19BrN4O4S. The van der Waals surface area contributed by atoms with Gasteiger partial charge in [-0.05, 0) is 49.4 Å². The molecule has 3 aromatic rings. The number of methoxy groups -OCH3 is 1. The van der Waals surface area contributed by atoms with Crippen molar-refractivity contribution in [2.45, 2.75) is 17.3 Å². The van der Waals surface area contributed by atoms with Crippen LogP contribution in [0.5, 0.6) is 11.5 Å². The minimum Gasteiger partial charge on any atom is -0.497 e. The third-order valence-corrected chi connectivity index (χ3v) is 5.97. The molecule has 0 saturated heterocycles. The fourth-order valence-electron chi connectivity index (χ4n) is 2.93. The summed E-state index contributed by atoms with van der Waals surface area (Å²) in [6, 6.07) is 12.8. The van der Waals surface area contributed by atoms with Crippen molar-refractivity contribution in [1.29, 1.82) is 0 Å². The Hall–Kier alpha value is -3.03. The van der Waals surface area contributed by atoms with Crippen LogP contribution in [0.3, 0.4) is 0 Å². The van der Waals surface area contributed by atoms with Gasteiger partial charge in [0.1, 0.15) is 29.2 Å². The van der Waals surface area contributed by atoms with Gasteiger partial charge in [-0.2, -0.15) is 0 Å². The largest absolute Gasteiger partial charge is 0.497 e. The minimum atomic E-state index is -0.583. The second kappa shape index (κ2) is 10.3. The second-order valence-corrected chi connectivity index (χ2v) is 8.45. The highest BCUT2D eigenvalue weighted by Crippen LogP contribution is 2.41. The van der Waals surface area contributed by atoms with Gasteiger partial charge in [0, 0.05) is 20.6 Å². The van der Waals surface area contributed by atoms with E-state index in [1.807, 2.05) is 35.8 Å². The number of aromatic nitrogens is 3. The topological polar surface area (TPSA) is 92.3 Å². The molecule has 31 heavy (non-hydrogen) atoms. The van der Waals surface area contributed by atoms with Crippen molar-refractivity contribution in [3.8, 4) is 29.5 Å². The van der Waals surface area contributed by atoms with E-state index in [4.69, 9.17) is 15.9 Å². The fourth-order valence-corrected chi connectivity index (χ4v) is 4.50. The molecule has 0 fully saturated rings. The van der Waals surface area contributed by atoms with Crippen molar-refractivity contribution in [3.05, 3.63) is 68.4 Å². The van der Waals surface area contributed by atoms with Crippen LogP contribution >= 0.6 is 27.7 Å². The first-order chi connectivity index (χ1) is 14.9. The van der Waals surface area contributed by atoms with Crippen LogP contribution in [0.4, 0.5) is 0 Å². The molecule has 0 unspecified atom stereocenters. The molecule has 3 rings (SSSR count). The minimum absolute atomic E-state index is 0.0611. The molecule has 0 aliphatic rings. The monoisotopic (exact) mass is 502 g/mol. The van der Waals surface area contributed by atoms with E-state index in [0.29, 0.717) is 22.3 Å². The van der Waals surface area contributed by atoms with Gasteiger partial charge < -0.3 is 9.47 Å². The SMILES string of the molecule is C#CCOc1ccc(Br)cc1[C@H](C[N+](=O)[O-])Sc1nnc(C)n1-c1ccc(OC)cc1. The molecule has 0 saturated carbocycles. The third-order valence-electron chi connectivity index (χ3n) is 4.32. The maximum Gasteiger partial charge on any atom is 0.220 e. The summed E-state index contributed by atoms with van der Waals surface area (Å²) in [6.45, 7) is 1.55. The van der Waals surface area contributed by atoms with Gasteiger partial charge in [-0.15, -0.1) is 16.6 Å². The summed E-state index contributed by atoms with van der Waals surface area (Å²) in [7, 11) is 1.60. The number of thioether (sulfide) groups is 1. The number of halogens is 1. The van der Waals surface area contributed by atoms with E-state index < -0.39 is 5.25 Å². The average Bonchev–Trinajstić information content (AvgIpc) is 3.12. The number of ether oxygens (including phenoxy) is 2. The van der Waals surface area contributed by atoms with E-state index in [9.17, 15) is 10.1 Å². The van der Waals surface area contributed by atoms with Gasteiger partial charge in [-0.3, -0.25) is 14.7 Å². The number of aryl methyl sites for hydroxylation is 1. The number of rotatable bonds is 9. The lowest BCUT2D eigenvalue weighted by Crippen LogP contribution is -2.13. The molecule has 1 atom stereocenters. The molecule has 0 N–H and O–H groups in total. The first-order valence-electron chi connectivity index (χ1n) is 9.13. The van der Waals surface area contributed by atoms with Gasteiger partial charge in [0.25, 0.3) is 0 Å². The molecule has 1 aromatic heterocycles. The zero-order valence-corrected chi connectivity index (χ0v) is 19.2. The predicted molar refractivity (Wildman–Crippen MR) is 122 cm³/mol. The Bertz CT molecular complexity index is 1110. The normalized spacial score (nSPS) is 11.5. The number of terminal acetylenes is 1. The maximum atomic E-state index is 11.5. The van der Waals surface area contributed by atoms with E-state index in [1.54, 1.807) is 25.3 Å². The highest BCUT2D eigenvalue weighted by atomic mass is 79.9. The van der Waals surface area contributed by atoms with E-state index in [0.717, 1.165) is 15.9 Å². The summed E-state index contributed by atoms with van der Waals surface area (Å²) >= 11 is 4.68. The van der Waals surface area contributed by atoms with Crippen molar-refractivity contribution in [1.82, 2.24) is 14.8 Å². The van der Waals surface area contributed by atoms with Crippen molar-refractivity contribution in [3.63, 3.8) is 0 Å². The number of benzene rings is 2. The molecule has 0 aliphatic carbocycles. The lowest BCUT2D eigenvalue weighted by Gasteiger charge is -2.18. The van der Waals surface area contributed by atoms with Crippen molar-refractivity contribution >= 4 is 27.7 Å². The van der Waals surface area contributed by atoms with Gasteiger partial charge in [0.15, 0.2) is 5.16 Å². The smallest absolute Gasteiger partial charge is 0.220 e. The first-order valence-corrected chi connectivity index (χ1v) is 10.8.